The molecule has 0 bridgehead atoms. The van der Waals surface area contributed by atoms with Crippen molar-refractivity contribution in [2.45, 2.75) is 18.1 Å². The Kier molecular flexibility index (Phi) is 3.51. The summed E-state index contributed by atoms with van der Waals surface area (Å²) in [6, 6.07) is 1.28. The lowest BCUT2D eigenvalue weighted by molar-refractivity contribution is 0.0953. The Balaban J connectivity index is 1.97. The highest BCUT2D eigenvalue weighted by atomic mass is 32.2. The topological polar surface area (TPSA) is 96.4 Å². The first-order chi connectivity index (χ1) is 8.49. The van der Waals surface area contributed by atoms with Crippen LogP contribution in [0.3, 0.4) is 0 Å². The van der Waals surface area contributed by atoms with Gasteiger partial charge in [-0.05, 0) is 18.9 Å². The van der Waals surface area contributed by atoms with Gasteiger partial charge in [-0.2, -0.15) is 0 Å². The Morgan fingerprint density at radius 3 is 2.89 bits per heavy atom. The van der Waals surface area contributed by atoms with Crippen LogP contribution in [0.5, 0.6) is 5.75 Å². The first-order valence-electron chi connectivity index (χ1n) is 5.63. The van der Waals surface area contributed by atoms with Crippen molar-refractivity contribution in [1.82, 2.24) is 10.3 Å². The number of rotatable bonds is 3. The standard InChI is InChI=1S/C11H14N2O4S/c14-9-4-8(5-12-6-9)11(15)13-7-10-2-1-3-18(10,16)17/h4-6,10,14H,1-3,7H2,(H,13,15). The maximum absolute atomic E-state index is 11.7. The molecule has 0 spiro atoms. The molecule has 0 aromatic carbocycles. The molecule has 2 heterocycles. The molecule has 18 heavy (non-hydrogen) atoms. The Labute approximate surface area is 105 Å². The van der Waals surface area contributed by atoms with Gasteiger partial charge in [0.25, 0.3) is 5.91 Å². The minimum absolute atomic E-state index is 0.101. The molecule has 1 saturated heterocycles. The molecule has 1 fully saturated rings. The SMILES string of the molecule is O=C(NCC1CCCS1(=O)=O)c1cncc(O)c1. The van der Waals surface area contributed by atoms with E-state index in [1.165, 1.54) is 18.5 Å². The van der Waals surface area contributed by atoms with Crippen LogP contribution in [0.1, 0.15) is 23.2 Å². The largest absolute Gasteiger partial charge is 0.506 e. The molecule has 0 radical (unpaired) electrons. The lowest BCUT2D eigenvalue weighted by atomic mass is 10.2. The van der Waals surface area contributed by atoms with Crippen molar-refractivity contribution in [1.29, 1.82) is 0 Å². The molecule has 1 aliphatic heterocycles. The second kappa shape index (κ2) is 4.93. The van der Waals surface area contributed by atoms with Crippen LogP contribution in [0, 0.1) is 0 Å². The van der Waals surface area contributed by atoms with Crippen molar-refractivity contribution in [3.05, 3.63) is 24.0 Å². The van der Waals surface area contributed by atoms with E-state index in [9.17, 15) is 18.3 Å². The van der Waals surface area contributed by atoms with E-state index in [0.29, 0.717) is 12.8 Å². The third-order valence-electron chi connectivity index (χ3n) is 2.94. The molecular formula is C11H14N2O4S. The maximum atomic E-state index is 11.7. The molecule has 98 valence electrons. The van der Waals surface area contributed by atoms with Crippen LogP contribution in [-0.4, -0.2) is 42.0 Å². The van der Waals surface area contributed by atoms with Crippen LogP contribution in [0.15, 0.2) is 18.5 Å². The molecular weight excluding hydrogens is 256 g/mol. The second-order valence-corrected chi connectivity index (χ2v) is 6.67. The van der Waals surface area contributed by atoms with Crippen molar-refractivity contribution in [3.63, 3.8) is 0 Å². The number of aromatic hydroxyl groups is 1. The molecule has 6 nitrogen and oxygen atoms in total. The first kappa shape index (κ1) is 12.8. The third kappa shape index (κ3) is 2.79. The van der Waals surface area contributed by atoms with E-state index in [-0.39, 0.29) is 23.6 Å². The zero-order chi connectivity index (χ0) is 13.2. The molecule has 1 amide bonds. The number of sulfone groups is 1. The second-order valence-electron chi connectivity index (χ2n) is 4.27. The van der Waals surface area contributed by atoms with Crippen LogP contribution in [0.2, 0.25) is 0 Å². The maximum Gasteiger partial charge on any atom is 0.253 e. The molecule has 1 aromatic rings. The number of hydrogen-bond donors (Lipinski definition) is 2. The lowest BCUT2D eigenvalue weighted by Gasteiger charge is -2.10. The fraction of sp³-hybridized carbons (Fsp3) is 0.455. The number of carbonyl (C=O) groups excluding carboxylic acids is 1. The molecule has 1 aromatic heterocycles. The number of aromatic nitrogens is 1. The third-order valence-corrected chi connectivity index (χ3v) is 5.21. The summed E-state index contributed by atoms with van der Waals surface area (Å²) in [6.45, 7) is 0.108. The lowest BCUT2D eigenvalue weighted by Crippen LogP contribution is -2.34. The normalized spacial score (nSPS) is 21.7. The quantitative estimate of drug-likeness (QED) is 0.811. The minimum atomic E-state index is -3.05. The summed E-state index contributed by atoms with van der Waals surface area (Å²) in [7, 11) is -3.05. The molecule has 1 aliphatic rings. The fourth-order valence-corrected chi connectivity index (χ4v) is 3.71. The van der Waals surface area contributed by atoms with Crippen molar-refractivity contribution in [2.24, 2.45) is 0 Å². The van der Waals surface area contributed by atoms with Gasteiger partial charge < -0.3 is 10.4 Å². The average molecular weight is 270 g/mol. The van der Waals surface area contributed by atoms with Gasteiger partial charge in [0.15, 0.2) is 9.84 Å². The van der Waals surface area contributed by atoms with Crippen LogP contribution in [-0.2, 0) is 9.84 Å². The van der Waals surface area contributed by atoms with Gasteiger partial charge in [-0.3, -0.25) is 9.78 Å². The summed E-state index contributed by atoms with van der Waals surface area (Å²) in [5, 5.41) is 11.2. The van der Waals surface area contributed by atoms with Gasteiger partial charge >= 0.3 is 0 Å². The van der Waals surface area contributed by atoms with E-state index in [2.05, 4.69) is 10.3 Å². The van der Waals surface area contributed by atoms with E-state index in [1.807, 2.05) is 0 Å². The summed E-state index contributed by atoms with van der Waals surface area (Å²) >= 11 is 0. The predicted octanol–water partition coefficient (Wildman–Crippen LogP) is 0.0942. The van der Waals surface area contributed by atoms with Crippen LogP contribution >= 0.6 is 0 Å². The number of hydrogen-bond acceptors (Lipinski definition) is 5. The van der Waals surface area contributed by atoms with E-state index in [1.54, 1.807) is 0 Å². The summed E-state index contributed by atoms with van der Waals surface area (Å²) in [6.07, 6.45) is 3.77. The van der Waals surface area contributed by atoms with Crippen LogP contribution in [0.4, 0.5) is 0 Å². The number of pyridine rings is 1. The highest BCUT2D eigenvalue weighted by Gasteiger charge is 2.31. The van der Waals surface area contributed by atoms with Gasteiger partial charge in [-0.1, -0.05) is 0 Å². The number of nitrogens with zero attached hydrogens (tertiary/aromatic N) is 1. The Bertz CT molecular complexity index is 556. The molecule has 0 saturated carbocycles. The van der Waals surface area contributed by atoms with Gasteiger partial charge in [0.05, 0.1) is 22.8 Å². The van der Waals surface area contributed by atoms with Crippen LogP contribution in [0.25, 0.3) is 0 Å². The van der Waals surface area contributed by atoms with Gasteiger partial charge in [0.1, 0.15) is 5.75 Å². The Hall–Kier alpha value is -1.63. The predicted molar refractivity (Wildman–Crippen MR) is 65.0 cm³/mol. The highest BCUT2D eigenvalue weighted by Crippen LogP contribution is 2.19. The highest BCUT2D eigenvalue weighted by molar-refractivity contribution is 7.92. The van der Waals surface area contributed by atoms with E-state index >= 15 is 0 Å². The van der Waals surface area contributed by atoms with Gasteiger partial charge in [0.2, 0.25) is 0 Å². The molecule has 1 atom stereocenters. The van der Waals surface area contributed by atoms with E-state index < -0.39 is 21.0 Å². The summed E-state index contributed by atoms with van der Waals surface area (Å²) < 4.78 is 23.1. The van der Waals surface area contributed by atoms with Crippen LogP contribution < -0.4 is 5.32 Å². The number of carbonyl (C=O) groups is 1. The summed E-state index contributed by atoms with van der Waals surface area (Å²) in [4.78, 5) is 15.4. The van der Waals surface area contributed by atoms with Crippen molar-refractivity contribution < 1.29 is 18.3 Å². The summed E-state index contributed by atoms with van der Waals surface area (Å²) in [5.74, 6) is -0.335. The molecule has 2 rings (SSSR count). The summed E-state index contributed by atoms with van der Waals surface area (Å²) in [5.41, 5.74) is 0.213. The molecule has 0 aliphatic carbocycles. The first-order valence-corrected chi connectivity index (χ1v) is 7.34. The average Bonchev–Trinajstić information content (AvgIpc) is 2.65. The van der Waals surface area contributed by atoms with Gasteiger partial charge in [0, 0.05) is 12.7 Å². The minimum Gasteiger partial charge on any atom is -0.506 e. The molecule has 7 heteroatoms. The number of amides is 1. The molecule has 2 N–H and O–H groups in total. The monoisotopic (exact) mass is 270 g/mol. The van der Waals surface area contributed by atoms with E-state index in [0.717, 1.165) is 0 Å². The van der Waals surface area contributed by atoms with Gasteiger partial charge in [-0.25, -0.2) is 8.42 Å². The van der Waals surface area contributed by atoms with Crippen molar-refractivity contribution >= 4 is 15.7 Å². The smallest absolute Gasteiger partial charge is 0.253 e. The zero-order valence-electron chi connectivity index (χ0n) is 9.67. The van der Waals surface area contributed by atoms with Crippen molar-refractivity contribution in [3.8, 4) is 5.75 Å². The molecule has 1 unspecified atom stereocenters. The van der Waals surface area contributed by atoms with Crippen molar-refractivity contribution in [2.75, 3.05) is 12.3 Å². The zero-order valence-corrected chi connectivity index (χ0v) is 10.5. The number of nitrogens with one attached hydrogen (secondary N) is 1. The Morgan fingerprint density at radius 2 is 2.28 bits per heavy atom. The Morgan fingerprint density at radius 1 is 1.50 bits per heavy atom. The fourth-order valence-electron chi connectivity index (χ4n) is 1.95. The van der Waals surface area contributed by atoms with E-state index in [4.69, 9.17) is 0 Å². The van der Waals surface area contributed by atoms with Gasteiger partial charge in [-0.15, -0.1) is 0 Å².